The van der Waals surface area contributed by atoms with E-state index in [1.807, 2.05) is 6.07 Å². The third-order valence-electron chi connectivity index (χ3n) is 3.85. The minimum absolute atomic E-state index is 0.129. The Labute approximate surface area is 99.9 Å². The fourth-order valence-corrected chi connectivity index (χ4v) is 2.83. The van der Waals surface area contributed by atoms with E-state index >= 15 is 0 Å². The van der Waals surface area contributed by atoms with Gasteiger partial charge in [0, 0.05) is 11.6 Å². The molecule has 1 fully saturated rings. The Morgan fingerprint density at radius 1 is 1.24 bits per heavy atom. The normalized spacial score (nSPS) is 29.6. The Hall–Kier alpha value is -1.26. The number of ether oxygens (including phenoxy) is 3. The second kappa shape index (κ2) is 3.62. The summed E-state index contributed by atoms with van der Waals surface area (Å²) in [6.45, 7) is 2.22. The van der Waals surface area contributed by atoms with Crippen LogP contribution in [0.25, 0.3) is 0 Å². The minimum atomic E-state index is 0.129. The Kier molecular flexibility index (Phi) is 2.07. The van der Waals surface area contributed by atoms with Crippen molar-refractivity contribution in [1.82, 2.24) is 5.32 Å². The zero-order valence-electron chi connectivity index (χ0n) is 9.57. The molecule has 1 N–H and O–H groups in total. The number of hydrogen-bond acceptors (Lipinski definition) is 4. The van der Waals surface area contributed by atoms with Crippen LogP contribution < -0.4 is 14.8 Å². The number of benzene rings is 1. The molecule has 1 aromatic rings. The van der Waals surface area contributed by atoms with Gasteiger partial charge in [0.1, 0.15) is 6.10 Å². The van der Waals surface area contributed by atoms with E-state index in [1.165, 1.54) is 17.5 Å². The summed E-state index contributed by atoms with van der Waals surface area (Å²) in [5, 5.41) is 3.43. The van der Waals surface area contributed by atoms with Crippen LogP contribution in [0.15, 0.2) is 12.1 Å². The molecule has 0 aliphatic carbocycles. The topological polar surface area (TPSA) is 39.7 Å². The summed E-state index contributed by atoms with van der Waals surface area (Å²) < 4.78 is 17.0. The number of rotatable bonds is 1. The summed E-state index contributed by atoms with van der Waals surface area (Å²) in [5.74, 6) is 1.76. The Bertz CT molecular complexity index is 456. The standard InChI is InChI=1S/C13H15NO3/c1-2-10-13(17-7-16-10)11-8(1)4-6-15-12(11)9-3-5-14-9/h1-2,9,12,14H,3-7H2. The lowest BCUT2D eigenvalue weighted by atomic mass is 9.88. The molecule has 3 aliphatic heterocycles. The van der Waals surface area contributed by atoms with Crippen LogP contribution in [0.5, 0.6) is 11.5 Å². The zero-order chi connectivity index (χ0) is 11.2. The third kappa shape index (κ3) is 1.37. The third-order valence-corrected chi connectivity index (χ3v) is 3.85. The maximum atomic E-state index is 5.94. The van der Waals surface area contributed by atoms with E-state index < -0.39 is 0 Å². The molecule has 3 heterocycles. The molecule has 0 spiro atoms. The smallest absolute Gasteiger partial charge is 0.231 e. The first-order valence-corrected chi connectivity index (χ1v) is 6.20. The first kappa shape index (κ1) is 9.74. The van der Waals surface area contributed by atoms with Gasteiger partial charge < -0.3 is 19.5 Å². The predicted molar refractivity (Wildman–Crippen MR) is 61.4 cm³/mol. The van der Waals surface area contributed by atoms with E-state index in [1.54, 1.807) is 0 Å². The van der Waals surface area contributed by atoms with E-state index in [0.717, 1.165) is 31.1 Å². The van der Waals surface area contributed by atoms with Crippen LogP contribution in [0.1, 0.15) is 23.7 Å². The number of nitrogens with one attached hydrogen (secondary N) is 1. The fraction of sp³-hybridized carbons (Fsp3) is 0.538. The van der Waals surface area contributed by atoms with Crippen molar-refractivity contribution in [3.8, 4) is 11.5 Å². The average Bonchev–Trinajstić information content (AvgIpc) is 2.74. The average molecular weight is 233 g/mol. The van der Waals surface area contributed by atoms with E-state index in [-0.39, 0.29) is 6.10 Å². The maximum absolute atomic E-state index is 5.94. The molecule has 2 atom stereocenters. The van der Waals surface area contributed by atoms with Crippen molar-refractivity contribution in [2.24, 2.45) is 0 Å². The molecular formula is C13H15NO3. The van der Waals surface area contributed by atoms with Crippen molar-refractivity contribution in [3.05, 3.63) is 23.3 Å². The largest absolute Gasteiger partial charge is 0.454 e. The van der Waals surface area contributed by atoms with Gasteiger partial charge >= 0.3 is 0 Å². The van der Waals surface area contributed by atoms with Gasteiger partial charge in [0.05, 0.1) is 6.61 Å². The van der Waals surface area contributed by atoms with Gasteiger partial charge in [-0.1, -0.05) is 6.07 Å². The summed E-state index contributed by atoms with van der Waals surface area (Å²) in [7, 11) is 0. The molecule has 0 aromatic heterocycles. The van der Waals surface area contributed by atoms with Gasteiger partial charge in [0.2, 0.25) is 6.79 Å². The highest BCUT2D eigenvalue weighted by atomic mass is 16.7. The Morgan fingerprint density at radius 2 is 2.18 bits per heavy atom. The summed E-state index contributed by atoms with van der Waals surface area (Å²) >= 11 is 0. The fourth-order valence-electron chi connectivity index (χ4n) is 2.83. The quantitative estimate of drug-likeness (QED) is 0.795. The van der Waals surface area contributed by atoms with E-state index in [0.29, 0.717) is 12.8 Å². The van der Waals surface area contributed by atoms with Crippen molar-refractivity contribution in [3.63, 3.8) is 0 Å². The molecule has 90 valence electrons. The number of fused-ring (bicyclic) bond motifs is 3. The Balaban J connectivity index is 1.82. The van der Waals surface area contributed by atoms with Gasteiger partial charge in [-0.15, -0.1) is 0 Å². The van der Waals surface area contributed by atoms with Crippen LogP contribution in [-0.4, -0.2) is 26.0 Å². The summed E-state index contributed by atoms with van der Waals surface area (Å²) in [5.41, 5.74) is 2.56. The first-order valence-electron chi connectivity index (χ1n) is 6.20. The van der Waals surface area contributed by atoms with Crippen molar-refractivity contribution in [2.75, 3.05) is 19.9 Å². The predicted octanol–water partition coefficient (Wildman–Crippen LogP) is 1.39. The van der Waals surface area contributed by atoms with E-state index in [2.05, 4.69) is 11.4 Å². The van der Waals surface area contributed by atoms with Crippen LogP contribution >= 0.6 is 0 Å². The molecular weight excluding hydrogens is 218 g/mol. The molecule has 4 heteroatoms. The minimum Gasteiger partial charge on any atom is -0.454 e. The maximum Gasteiger partial charge on any atom is 0.231 e. The summed E-state index contributed by atoms with van der Waals surface area (Å²) in [6.07, 6.45) is 2.27. The van der Waals surface area contributed by atoms with Crippen molar-refractivity contribution in [1.29, 1.82) is 0 Å². The van der Waals surface area contributed by atoms with Crippen LogP contribution in [0.2, 0.25) is 0 Å². The highest BCUT2D eigenvalue weighted by Gasteiger charge is 2.37. The lowest BCUT2D eigenvalue weighted by Crippen LogP contribution is -2.48. The van der Waals surface area contributed by atoms with Gasteiger partial charge in [-0.25, -0.2) is 0 Å². The van der Waals surface area contributed by atoms with Crippen LogP contribution in [0.4, 0.5) is 0 Å². The molecule has 1 aromatic carbocycles. The molecule has 1 saturated heterocycles. The van der Waals surface area contributed by atoms with Crippen LogP contribution in [-0.2, 0) is 11.2 Å². The summed E-state index contributed by atoms with van der Waals surface area (Å²) in [4.78, 5) is 0. The molecule has 3 aliphatic rings. The van der Waals surface area contributed by atoms with Gasteiger partial charge in [-0.2, -0.15) is 0 Å². The summed E-state index contributed by atoms with van der Waals surface area (Å²) in [6, 6.07) is 4.60. The molecule has 2 unspecified atom stereocenters. The van der Waals surface area contributed by atoms with E-state index in [4.69, 9.17) is 14.2 Å². The Morgan fingerprint density at radius 3 is 3.00 bits per heavy atom. The zero-order valence-corrected chi connectivity index (χ0v) is 9.57. The van der Waals surface area contributed by atoms with E-state index in [9.17, 15) is 0 Å². The molecule has 4 nitrogen and oxygen atoms in total. The van der Waals surface area contributed by atoms with Crippen LogP contribution in [0, 0.1) is 0 Å². The van der Waals surface area contributed by atoms with Crippen molar-refractivity contribution >= 4 is 0 Å². The SMILES string of the molecule is c1cc2c(c3c1CCOC3C1CCN1)OCO2. The molecule has 0 amide bonds. The molecule has 17 heavy (non-hydrogen) atoms. The monoisotopic (exact) mass is 233 g/mol. The lowest BCUT2D eigenvalue weighted by Gasteiger charge is -2.38. The van der Waals surface area contributed by atoms with Gasteiger partial charge in [-0.05, 0) is 31.0 Å². The molecule has 0 bridgehead atoms. The highest BCUT2D eigenvalue weighted by Crippen LogP contribution is 2.45. The van der Waals surface area contributed by atoms with Crippen molar-refractivity contribution in [2.45, 2.75) is 25.0 Å². The van der Waals surface area contributed by atoms with Crippen LogP contribution in [0.3, 0.4) is 0 Å². The first-order chi connectivity index (χ1) is 8.43. The lowest BCUT2D eigenvalue weighted by molar-refractivity contribution is -0.00320. The second-order valence-electron chi connectivity index (χ2n) is 4.76. The second-order valence-corrected chi connectivity index (χ2v) is 4.76. The molecule has 0 radical (unpaired) electrons. The van der Waals surface area contributed by atoms with Crippen molar-refractivity contribution < 1.29 is 14.2 Å². The molecule has 4 rings (SSSR count). The van der Waals surface area contributed by atoms with Gasteiger partial charge in [-0.3, -0.25) is 0 Å². The molecule has 0 saturated carbocycles. The van der Waals surface area contributed by atoms with Gasteiger partial charge in [0.25, 0.3) is 0 Å². The number of hydrogen-bond donors (Lipinski definition) is 1. The van der Waals surface area contributed by atoms with Gasteiger partial charge in [0.15, 0.2) is 11.5 Å². The highest BCUT2D eigenvalue weighted by molar-refractivity contribution is 5.54.